The van der Waals surface area contributed by atoms with Gasteiger partial charge in [-0.05, 0) is 24.6 Å². The van der Waals surface area contributed by atoms with E-state index in [0.29, 0.717) is 11.6 Å². The van der Waals surface area contributed by atoms with Gasteiger partial charge in [0.05, 0.1) is 0 Å². The number of nitrogens with one attached hydrogen (secondary N) is 2. The lowest BCUT2D eigenvalue weighted by atomic mass is 10.2. The lowest BCUT2D eigenvalue weighted by Crippen LogP contribution is -2.44. The first-order valence-corrected chi connectivity index (χ1v) is 5.38. The minimum Gasteiger partial charge on any atom is -0.480 e. The van der Waals surface area contributed by atoms with Crippen molar-refractivity contribution in [2.24, 2.45) is 0 Å². The highest BCUT2D eigenvalue weighted by atomic mass is 35.5. The van der Waals surface area contributed by atoms with Crippen LogP contribution in [0.2, 0.25) is 5.02 Å². The number of carboxylic acids is 1. The zero-order chi connectivity index (χ0) is 12.8. The topological polar surface area (TPSA) is 78.4 Å². The SMILES string of the molecule is C[C@@H](NC(=O)NCc1cccc(Cl)c1)C(=O)O. The highest BCUT2D eigenvalue weighted by Gasteiger charge is 2.13. The number of benzene rings is 1. The summed E-state index contributed by atoms with van der Waals surface area (Å²) in [7, 11) is 0. The van der Waals surface area contributed by atoms with Crippen LogP contribution in [0, 0.1) is 0 Å². The molecule has 92 valence electrons. The van der Waals surface area contributed by atoms with Crippen molar-refractivity contribution in [1.82, 2.24) is 10.6 Å². The molecule has 1 rings (SSSR count). The Morgan fingerprint density at radius 1 is 1.47 bits per heavy atom. The van der Waals surface area contributed by atoms with Gasteiger partial charge in [-0.2, -0.15) is 0 Å². The largest absolute Gasteiger partial charge is 0.480 e. The van der Waals surface area contributed by atoms with Crippen LogP contribution >= 0.6 is 11.6 Å². The van der Waals surface area contributed by atoms with E-state index in [1.807, 2.05) is 6.07 Å². The van der Waals surface area contributed by atoms with E-state index in [9.17, 15) is 9.59 Å². The van der Waals surface area contributed by atoms with Gasteiger partial charge in [-0.1, -0.05) is 23.7 Å². The van der Waals surface area contributed by atoms with Gasteiger partial charge in [0, 0.05) is 11.6 Å². The van der Waals surface area contributed by atoms with Gasteiger partial charge >= 0.3 is 12.0 Å². The van der Waals surface area contributed by atoms with Crippen LogP contribution in [0.4, 0.5) is 4.79 Å². The molecule has 0 aliphatic rings. The van der Waals surface area contributed by atoms with Gasteiger partial charge in [-0.15, -0.1) is 0 Å². The second-order valence-corrected chi connectivity index (χ2v) is 3.95. The summed E-state index contributed by atoms with van der Waals surface area (Å²) in [4.78, 5) is 21.8. The van der Waals surface area contributed by atoms with Crippen molar-refractivity contribution >= 4 is 23.6 Å². The first-order valence-electron chi connectivity index (χ1n) is 5.00. The first-order chi connectivity index (χ1) is 7.99. The normalized spacial score (nSPS) is 11.6. The summed E-state index contributed by atoms with van der Waals surface area (Å²) in [6.45, 7) is 1.68. The van der Waals surface area contributed by atoms with Gasteiger partial charge in [-0.25, -0.2) is 4.79 Å². The fourth-order valence-electron chi connectivity index (χ4n) is 1.14. The Morgan fingerprint density at radius 2 is 2.18 bits per heavy atom. The molecule has 1 aromatic carbocycles. The molecule has 0 fully saturated rings. The van der Waals surface area contributed by atoms with Gasteiger partial charge in [0.15, 0.2) is 0 Å². The second-order valence-electron chi connectivity index (χ2n) is 3.52. The van der Waals surface area contributed by atoms with Crippen LogP contribution in [0.1, 0.15) is 12.5 Å². The van der Waals surface area contributed by atoms with Crippen molar-refractivity contribution in [3.8, 4) is 0 Å². The molecule has 17 heavy (non-hydrogen) atoms. The van der Waals surface area contributed by atoms with Crippen LogP contribution in [-0.4, -0.2) is 23.1 Å². The maximum absolute atomic E-state index is 11.3. The zero-order valence-electron chi connectivity index (χ0n) is 9.24. The number of urea groups is 1. The van der Waals surface area contributed by atoms with Crippen molar-refractivity contribution < 1.29 is 14.7 Å². The maximum Gasteiger partial charge on any atom is 0.325 e. The summed E-state index contributed by atoms with van der Waals surface area (Å²) in [5, 5.41) is 14.0. The van der Waals surface area contributed by atoms with Crippen molar-refractivity contribution in [3.63, 3.8) is 0 Å². The van der Waals surface area contributed by atoms with Gasteiger partial charge in [0.1, 0.15) is 6.04 Å². The molecule has 0 unspecified atom stereocenters. The van der Waals surface area contributed by atoms with E-state index < -0.39 is 18.0 Å². The quantitative estimate of drug-likeness (QED) is 0.766. The molecule has 0 saturated carbocycles. The molecule has 2 amide bonds. The predicted octanol–water partition coefficient (Wildman–Crippen LogP) is 1.61. The highest BCUT2D eigenvalue weighted by molar-refractivity contribution is 6.30. The molecular weight excluding hydrogens is 244 g/mol. The van der Waals surface area contributed by atoms with Gasteiger partial charge < -0.3 is 15.7 Å². The molecule has 0 heterocycles. The van der Waals surface area contributed by atoms with Crippen molar-refractivity contribution in [2.75, 3.05) is 0 Å². The number of rotatable bonds is 4. The van der Waals surface area contributed by atoms with Crippen LogP contribution in [0.5, 0.6) is 0 Å². The standard InChI is InChI=1S/C11H13ClN2O3/c1-7(10(15)16)14-11(17)13-6-8-3-2-4-9(12)5-8/h2-5,7H,6H2,1H3,(H,15,16)(H2,13,14,17)/t7-/m1/s1. The average molecular weight is 257 g/mol. The van der Waals surface area contributed by atoms with Gasteiger partial charge in [0.2, 0.25) is 0 Å². The Morgan fingerprint density at radius 3 is 2.76 bits per heavy atom. The van der Waals surface area contributed by atoms with Crippen LogP contribution in [-0.2, 0) is 11.3 Å². The summed E-state index contributed by atoms with van der Waals surface area (Å²) in [5.41, 5.74) is 0.843. The van der Waals surface area contributed by atoms with Crippen LogP contribution in [0.3, 0.4) is 0 Å². The molecule has 0 aliphatic heterocycles. The lowest BCUT2D eigenvalue weighted by Gasteiger charge is -2.10. The molecule has 5 nitrogen and oxygen atoms in total. The van der Waals surface area contributed by atoms with E-state index in [1.165, 1.54) is 6.92 Å². The third kappa shape index (κ3) is 4.74. The third-order valence-electron chi connectivity index (χ3n) is 2.06. The Kier molecular flexibility index (Phi) is 4.78. The van der Waals surface area contributed by atoms with Crippen molar-refractivity contribution in [1.29, 1.82) is 0 Å². The minimum atomic E-state index is -1.08. The molecule has 0 aromatic heterocycles. The zero-order valence-corrected chi connectivity index (χ0v) is 9.99. The fourth-order valence-corrected chi connectivity index (χ4v) is 1.35. The minimum absolute atomic E-state index is 0.290. The highest BCUT2D eigenvalue weighted by Crippen LogP contribution is 2.10. The lowest BCUT2D eigenvalue weighted by molar-refractivity contribution is -0.138. The second kappa shape index (κ2) is 6.10. The van der Waals surface area contributed by atoms with Crippen molar-refractivity contribution in [3.05, 3.63) is 34.9 Å². The molecule has 3 N–H and O–H groups in total. The molecule has 0 aliphatic carbocycles. The number of hydrogen-bond acceptors (Lipinski definition) is 2. The molecule has 0 spiro atoms. The van der Waals surface area contributed by atoms with E-state index >= 15 is 0 Å². The molecule has 0 radical (unpaired) electrons. The third-order valence-corrected chi connectivity index (χ3v) is 2.30. The average Bonchev–Trinajstić information content (AvgIpc) is 2.26. The number of aliphatic carboxylic acids is 1. The van der Waals surface area contributed by atoms with Crippen LogP contribution in [0.15, 0.2) is 24.3 Å². The number of amides is 2. The summed E-state index contributed by atoms with van der Waals surface area (Å²) in [5.74, 6) is -1.08. The van der Waals surface area contributed by atoms with Crippen LogP contribution < -0.4 is 10.6 Å². The Labute approximate surface area is 104 Å². The van der Waals surface area contributed by atoms with Crippen LogP contribution in [0.25, 0.3) is 0 Å². The smallest absolute Gasteiger partial charge is 0.325 e. The fraction of sp³-hybridized carbons (Fsp3) is 0.273. The molecule has 0 saturated heterocycles. The van der Waals surface area contributed by atoms with E-state index in [4.69, 9.17) is 16.7 Å². The molecule has 0 bridgehead atoms. The predicted molar refractivity (Wildman–Crippen MR) is 63.9 cm³/mol. The number of carbonyl (C=O) groups is 2. The Bertz CT molecular complexity index is 423. The van der Waals surface area contributed by atoms with E-state index in [1.54, 1.807) is 18.2 Å². The summed E-state index contributed by atoms with van der Waals surface area (Å²) in [6.07, 6.45) is 0. The molecule has 1 atom stereocenters. The number of hydrogen-bond donors (Lipinski definition) is 3. The number of carboxylic acid groups (broad SMARTS) is 1. The maximum atomic E-state index is 11.3. The number of carbonyl (C=O) groups excluding carboxylic acids is 1. The van der Waals surface area contributed by atoms with E-state index in [2.05, 4.69) is 10.6 Å². The van der Waals surface area contributed by atoms with Gasteiger partial charge in [-0.3, -0.25) is 4.79 Å². The summed E-state index contributed by atoms with van der Waals surface area (Å²) >= 11 is 5.78. The van der Waals surface area contributed by atoms with Crippen molar-refractivity contribution in [2.45, 2.75) is 19.5 Å². The molecule has 1 aromatic rings. The Balaban J connectivity index is 2.41. The molecular formula is C11H13ClN2O3. The summed E-state index contributed by atoms with van der Waals surface area (Å²) < 4.78 is 0. The van der Waals surface area contributed by atoms with E-state index in [-0.39, 0.29) is 0 Å². The summed E-state index contributed by atoms with van der Waals surface area (Å²) in [6, 6.07) is 5.60. The van der Waals surface area contributed by atoms with E-state index in [0.717, 1.165) is 5.56 Å². The van der Waals surface area contributed by atoms with Gasteiger partial charge in [0.25, 0.3) is 0 Å². The molecule has 6 heteroatoms. The number of halogens is 1. The monoisotopic (exact) mass is 256 g/mol. The Hall–Kier alpha value is -1.75. The first kappa shape index (κ1) is 13.3.